The van der Waals surface area contributed by atoms with Crippen molar-refractivity contribution < 1.29 is 9.53 Å². The fourth-order valence-corrected chi connectivity index (χ4v) is 3.86. The van der Waals surface area contributed by atoms with E-state index in [4.69, 9.17) is 4.74 Å². The van der Waals surface area contributed by atoms with Gasteiger partial charge < -0.3 is 4.74 Å². The van der Waals surface area contributed by atoms with Crippen LogP contribution in [0, 0.1) is 11.8 Å². The molecule has 0 aliphatic carbocycles. The Morgan fingerprint density at radius 2 is 1.71 bits per heavy atom. The maximum atomic E-state index is 12.1. The Bertz CT molecular complexity index is 454. The highest BCUT2D eigenvalue weighted by Crippen LogP contribution is 2.31. The number of carbonyl (C=O) groups is 1. The molecule has 2 rings (SSSR count). The lowest BCUT2D eigenvalue weighted by atomic mass is 9.81. The number of esters is 1. The van der Waals surface area contributed by atoms with Gasteiger partial charge in [0.1, 0.15) is 0 Å². The van der Waals surface area contributed by atoms with Crippen molar-refractivity contribution in [2.24, 2.45) is 11.8 Å². The maximum absolute atomic E-state index is 12.1. The van der Waals surface area contributed by atoms with Gasteiger partial charge in [0.05, 0.1) is 12.5 Å². The van der Waals surface area contributed by atoms with E-state index in [0.29, 0.717) is 12.5 Å². The summed E-state index contributed by atoms with van der Waals surface area (Å²) in [4.78, 5) is 12.1. The van der Waals surface area contributed by atoms with Crippen LogP contribution in [-0.4, -0.2) is 12.6 Å². The van der Waals surface area contributed by atoms with Crippen molar-refractivity contribution in [2.45, 2.75) is 77.6 Å². The van der Waals surface area contributed by atoms with Crippen LogP contribution < -0.4 is 0 Å². The van der Waals surface area contributed by atoms with Crippen molar-refractivity contribution in [1.29, 1.82) is 0 Å². The van der Waals surface area contributed by atoms with Crippen LogP contribution in [0.25, 0.3) is 0 Å². The van der Waals surface area contributed by atoms with Crippen molar-refractivity contribution in [2.75, 3.05) is 6.61 Å². The summed E-state index contributed by atoms with van der Waals surface area (Å²) in [5, 5.41) is 0. The molecule has 2 atom stereocenters. The van der Waals surface area contributed by atoms with Gasteiger partial charge in [0.25, 0.3) is 0 Å². The zero-order valence-electron chi connectivity index (χ0n) is 15.3. The Morgan fingerprint density at radius 3 is 2.50 bits per heavy atom. The predicted octanol–water partition coefficient (Wildman–Crippen LogP) is 5.94. The molecule has 134 valence electrons. The van der Waals surface area contributed by atoms with Crippen LogP contribution in [0.3, 0.4) is 0 Å². The third kappa shape index (κ3) is 6.67. The Hall–Kier alpha value is -1.31. The second-order valence-electron chi connectivity index (χ2n) is 7.26. The summed E-state index contributed by atoms with van der Waals surface area (Å²) in [5.41, 5.74) is 1.45. The van der Waals surface area contributed by atoms with Gasteiger partial charge in [-0.1, -0.05) is 75.8 Å². The molecule has 0 aromatic heterocycles. The minimum absolute atomic E-state index is 0.0754. The third-order valence-electron chi connectivity index (χ3n) is 5.36. The van der Waals surface area contributed by atoms with Crippen molar-refractivity contribution in [3.05, 3.63) is 35.9 Å². The Kier molecular flexibility index (Phi) is 8.94. The molecule has 1 aromatic rings. The molecule has 1 aliphatic rings. The molecule has 1 heterocycles. The Morgan fingerprint density at radius 1 is 0.958 bits per heavy atom. The first-order chi connectivity index (χ1) is 11.8. The average Bonchev–Trinajstić information content (AvgIpc) is 2.61. The summed E-state index contributed by atoms with van der Waals surface area (Å²) in [7, 11) is 0. The van der Waals surface area contributed by atoms with E-state index in [0.717, 1.165) is 12.8 Å². The number of hydrogen-bond donors (Lipinski definition) is 0. The van der Waals surface area contributed by atoms with Crippen LogP contribution in [0.15, 0.2) is 30.3 Å². The molecule has 0 radical (unpaired) electrons. The second-order valence-corrected chi connectivity index (χ2v) is 7.26. The van der Waals surface area contributed by atoms with Gasteiger partial charge >= 0.3 is 5.97 Å². The molecule has 2 heteroatoms. The van der Waals surface area contributed by atoms with Crippen LogP contribution in [0.1, 0.15) is 76.7 Å². The monoisotopic (exact) mass is 330 g/mol. The number of benzene rings is 1. The zero-order valence-corrected chi connectivity index (χ0v) is 15.3. The minimum Gasteiger partial charge on any atom is -0.465 e. The molecule has 0 N–H and O–H groups in total. The molecule has 1 saturated heterocycles. The molecule has 0 bridgehead atoms. The fraction of sp³-hybridized carbons (Fsp3) is 0.682. The number of cyclic esters (lactones) is 1. The van der Waals surface area contributed by atoms with Gasteiger partial charge in [-0.25, -0.2) is 0 Å². The van der Waals surface area contributed by atoms with E-state index in [1.165, 1.54) is 63.4 Å². The first kappa shape index (κ1) is 19.0. The topological polar surface area (TPSA) is 26.3 Å². The van der Waals surface area contributed by atoms with Gasteiger partial charge in [-0.05, 0) is 43.6 Å². The Balaban J connectivity index is 1.61. The zero-order chi connectivity index (χ0) is 17.0. The number of rotatable bonds is 11. The van der Waals surface area contributed by atoms with E-state index in [2.05, 4.69) is 37.3 Å². The lowest BCUT2D eigenvalue weighted by molar-refractivity contribution is -0.157. The molecule has 2 nitrogen and oxygen atoms in total. The summed E-state index contributed by atoms with van der Waals surface area (Å²) in [6.07, 6.45) is 13.2. The van der Waals surface area contributed by atoms with E-state index >= 15 is 0 Å². The van der Waals surface area contributed by atoms with E-state index in [1.54, 1.807) is 0 Å². The van der Waals surface area contributed by atoms with Gasteiger partial charge in [0, 0.05) is 0 Å². The average molecular weight is 331 g/mol. The lowest BCUT2D eigenvalue weighted by Crippen LogP contribution is -2.32. The largest absolute Gasteiger partial charge is 0.465 e. The minimum atomic E-state index is 0.0754. The highest BCUT2D eigenvalue weighted by molar-refractivity contribution is 5.73. The molecular weight excluding hydrogens is 296 g/mol. The SMILES string of the molecule is CCCCCC1C(=O)OCCC1CCCCCCc1ccccc1. The first-order valence-electron chi connectivity index (χ1n) is 10.0. The van der Waals surface area contributed by atoms with Crippen LogP contribution in [0.2, 0.25) is 0 Å². The van der Waals surface area contributed by atoms with Gasteiger partial charge in [-0.3, -0.25) is 4.79 Å². The van der Waals surface area contributed by atoms with Crippen LogP contribution in [-0.2, 0) is 16.0 Å². The summed E-state index contributed by atoms with van der Waals surface area (Å²) < 4.78 is 5.31. The molecular formula is C22H34O2. The first-order valence-corrected chi connectivity index (χ1v) is 10.0. The summed E-state index contributed by atoms with van der Waals surface area (Å²) in [5.74, 6) is 0.818. The molecule has 1 aliphatic heterocycles. The normalized spacial score (nSPS) is 20.8. The predicted molar refractivity (Wildman–Crippen MR) is 99.9 cm³/mol. The summed E-state index contributed by atoms with van der Waals surface area (Å²) in [6.45, 7) is 2.86. The highest BCUT2D eigenvalue weighted by atomic mass is 16.5. The van der Waals surface area contributed by atoms with Crippen molar-refractivity contribution >= 4 is 5.97 Å². The quantitative estimate of drug-likeness (QED) is 0.371. The van der Waals surface area contributed by atoms with Crippen LogP contribution >= 0.6 is 0 Å². The number of hydrogen-bond acceptors (Lipinski definition) is 2. The van der Waals surface area contributed by atoms with E-state index in [9.17, 15) is 4.79 Å². The summed E-state index contributed by atoms with van der Waals surface area (Å²) in [6, 6.07) is 10.8. The molecule has 0 spiro atoms. The van der Waals surface area contributed by atoms with Gasteiger partial charge in [-0.2, -0.15) is 0 Å². The molecule has 1 aromatic carbocycles. The molecule has 2 unspecified atom stereocenters. The lowest BCUT2D eigenvalue weighted by Gasteiger charge is -2.30. The molecule has 0 saturated carbocycles. The van der Waals surface area contributed by atoms with Crippen molar-refractivity contribution in [1.82, 2.24) is 0 Å². The molecule has 1 fully saturated rings. The Labute approximate surface area is 148 Å². The van der Waals surface area contributed by atoms with Crippen LogP contribution in [0.5, 0.6) is 0 Å². The van der Waals surface area contributed by atoms with E-state index in [-0.39, 0.29) is 11.9 Å². The van der Waals surface area contributed by atoms with Crippen molar-refractivity contribution in [3.8, 4) is 0 Å². The third-order valence-corrected chi connectivity index (χ3v) is 5.36. The fourth-order valence-electron chi connectivity index (χ4n) is 3.86. The van der Waals surface area contributed by atoms with E-state index in [1.807, 2.05) is 0 Å². The summed E-state index contributed by atoms with van der Waals surface area (Å²) >= 11 is 0. The maximum Gasteiger partial charge on any atom is 0.309 e. The van der Waals surface area contributed by atoms with Crippen molar-refractivity contribution in [3.63, 3.8) is 0 Å². The highest BCUT2D eigenvalue weighted by Gasteiger charge is 2.32. The molecule has 24 heavy (non-hydrogen) atoms. The molecule has 0 amide bonds. The second kappa shape index (κ2) is 11.3. The van der Waals surface area contributed by atoms with Gasteiger partial charge in [0.15, 0.2) is 0 Å². The smallest absolute Gasteiger partial charge is 0.309 e. The van der Waals surface area contributed by atoms with Crippen LogP contribution in [0.4, 0.5) is 0 Å². The number of aryl methyl sites for hydroxylation is 1. The number of ether oxygens (including phenoxy) is 1. The number of unbranched alkanes of at least 4 members (excludes halogenated alkanes) is 5. The van der Waals surface area contributed by atoms with Gasteiger partial charge in [0.2, 0.25) is 0 Å². The van der Waals surface area contributed by atoms with Gasteiger partial charge in [-0.15, -0.1) is 0 Å². The standard InChI is InChI=1S/C22H34O2/c1-2-3-7-16-21-20(17-18-24-22(21)23)15-11-5-4-8-12-19-13-9-6-10-14-19/h6,9-10,13-14,20-21H,2-5,7-8,11-12,15-18H2,1H3. The van der Waals surface area contributed by atoms with E-state index < -0.39 is 0 Å². The number of carbonyl (C=O) groups excluding carboxylic acids is 1.